The van der Waals surface area contributed by atoms with E-state index in [9.17, 15) is 10.1 Å². The van der Waals surface area contributed by atoms with Crippen molar-refractivity contribution < 1.29 is 9.45 Å². The van der Waals surface area contributed by atoms with Crippen LogP contribution in [-0.4, -0.2) is 15.1 Å². The van der Waals surface area contributed by atoms with Crippen LogP contribution < -0.4 is 5.32 Å². The van der Waals surface area contributed by atoms with Crippen LogP contribution in [0.25, 0.3) is 11.4 Å². The number of nitrogens with one attached hydrogen (secondary N) is 1. The SMILES string of the molecule is CC(C)C(NCc1nc(-c2cccc([N+](=O)[O-])c2)no1)c1ccccc1. The summed E-state index contributed by atoms with van der Waals surface area (Å²) < 4.78 is 5.29. The number of aromatic nitrogens is 2. The van der Waals surface area contributed by atoms with Crippen molar-refractivity contribution in [2.75, 3.05) is 0 Å². The average Bonchev–Trinajstić information content (AvgIpc) is 3.11. The lowest BCUT2D eigenvalue weighted by molar-refractivity contribution is -0.384. The van der Waals surface area contributed by atoms with Crippen molar-refractivity contribution in [3.63, 3.8) is 0 Å². The molecular formula is C19H20N4O3. The van der Waals surface area contributed by atoms with E-state index in [4.69, 9.17) is 4.52 Å². The lowest BCUT2D eigenvalue weighted by Crippen LogP contribution is -2.25. The molecule has 0 spiro atoms. The van der Waals surface area contributed by atoms with E-state index in [1.54, 1.807) is 12.1 Å². The Morgan fingerprint density at radius 2 is 1.92 bits per heavy atom. The number of hydrogen-bond acceptors (Lipinski definition) is 6. The number of nitro groups is 1. The largest absolute Gasteiger partial charge is 0.338 e. The van der Waals surface area contributed by atoms with E-state index >= 15 is 0 Å². The van der Waals surface area contributed by atoms with Crippen LogP contribution >= 0.6 is 0 Å². The molecule has 0 amide bonds. The van der Waals surface area contributed by atoms with Crippen LogP contribution in [0.5, 0.6) is 0 Å². The molecule has 0 aliphatic carbocycles. The maximum atomic E-state index is 10.9. The fourth-order valence-corrected chi connectivity index (χ4v) is 2.80. The first-order chi connectivity index (χ1) is 12.5. The van der Waals surface area contributed by atoms with Crippen molar-refractivity contribution in [2.24, 2.45) is 5.92 Å². The van der Waals surface area contributed by atoms with Crippen molar-refractivity contribution in [3.8, 4) is 11.4 Å². The van der Waals surface area contributed by atoms with Gasteiger partial charge in [0.15, 0.2) is 0 Å². The number of nitro benzene ring substituents is 1. The summed E-state index contributed by atoms with van der Waals surface area (Å²) in [5.74, 6) is 1.16. The second kappa shape index (κ2) is 7.88. The predicted molar refractivity (Wildman–Crippen MR) is 97.2 cm³/mol. The van der Waals surface area contributed by atoms with Crippen molar-refractivity contribution in [2.45, 2.75) is 26.4 Å². The van der Waals surface area contributed by atoms with Crippen molar-refractivity contribution in [3.05, 3.63) is 76.2 Å². The number of nitrogens with zero attached hydrogens (tertiary/aromatic N) is 3. The van der Waals surface area contributed by atoms with Gasteiger partial charge < -0.3 is 9.84 Å². The smallest absolute Gasteiger partial charge is 0.270 e. The Labute approximate surface area is 151 Å². The van der Waals surface area contributed by atoms with E-state index < -0.39 is 4.92 Å². The van der Waals surface area contributed by atoms with Gasteiger partial charge in [-0.3, -0.25) is 10.1 Å². The fourth-order valence-electron chi connectivity index (χ4n) is 2.80. The Morgan fingerprint density at radius 3 is 2.62 bits per heavy atom. The molecule has 1 aromatic heterocycles. The molecule has 2 aromatic carbocycles. The number of rotatable bonds is 7. The van der Waals surface area contributed by atoms with Crippen molar-refractivity contribution in [1.82, 2.24) is 15.5 Å². The van der Waals surface area contributed by atoms with Gasteiger partial charge in [0.2, 0.25) is 11.7 Å². The Bertz CT molecular complexity index is 877. The Balaban J connectivity index is 1.72. The summed E-state index contributed by atoms with van der Waals surface area (Å²) in [6.07, 6.45) is 0. The van der Waals surface area contributed by atoms with Crippen molar-refractivity contribution in [1.29, 1.82) is 0 Å². The van der Waals surface area contributed by atoms with Gasteiger partial charge in [-0.15, -0.1) is 0 Å². The van der Waals surface area contributed by atoms with E-state index in [0.717, 1.165) is 0 Å². The van der Waals surface area contributed by atoms with Crippen LogP contribution in [0.2, 0.25) is 0 Å². The van der Waals surface area contributed by atoms with Gasteiger partial charge in [0.1, 0.15) is 0 Å². The first-order valence-electron chi connectivity index (χ1n) is 8.40. The number of non-ortho nitro benzene ring substituents is 1. The Morgan fingerprint density at radius 1 is 1.15 bits per heavy atom. The molecule has 0 aliphatic heterocycles. The molecule has 0 saturated heterocycles. The first kappa shape index (κ1) is 17.8. The van der Waals surface area contributed by atoms with Gasteiger partial charge in [0.25, 0.3) is 5.69 Å². The minimum absolute atomic E-state index is 0.00377. The molecule has 0 radical (unpaired) electrons. The molecule has 3 rings (SSSR count). The lowest BCUT2D eigenvalue weighted by Gasteiger charge is -2.22. The fraction of sp³-hybridized carbons (Fsp3) is 0.263. The molecule has 3 aromatic rings. The van der Waals surface area contributed by atoms with Gasteiger partial charge in [0, 0.05) is 23.7 Å². The third-order valence-electron chi connectivity index (χ3n) is 4.08. The Hall–Kier alpha value is -3.06. The molecule has 7 nitrogen and oxygen atoms in total. The second-order valence-corrected chi connectivity index (χ2v) is 6.33. The molecule has 26 heavy (non-hydrogen) atoms. The molecular weight excluding hydrogens is 332 g/mol. The zero-order valence-electron chi connectivity index (χ0n) is 14.6. The molecule has 7 heteroatoms. The minimum Gasteiger partial charge on any atom is -0.338 e. The van der Waals surface area contributed by atoms with Crippen LogP contribution in [0.3, 0.4) is 0 Å². The molecule has 0 fully saturated rings. The standard InChI is InChI=1S/C19H20N4O3/c1-13(2)18(14-7-4-3-5-8-14)20-12-17-21-19(22-26-17)15-9-6-10-16(11-15)23(24)25/h3-11,13,18,20H,12H2,1-2H3. The molecule has 1 unspecified atom stereocenters. The summed E-state index contributed by atoms with van der Waals surface area (Å²) in [6.45, 7) is 4.71. The number of hydrogen-bond donors (Lipinski definition) is 1. The zero-order chi connectivity index (χ0) is 18.5. The molecule has 1 atom stereocenters. The topological polar surface area (TPSA) is 94.1 Å². The summed E-state index contributed by atoms with van der Waals surface area (Å²) in [4.78, 5) is 14.8. The van der Waals surface area contributed by atoms with Crippen LogP contribution in [0.1, 0.15) is 31.3 Å². The van der Waals surface area contributed by atoms with Crippen LogP contribution in [0.4, 0.5) is 5.69 Å². The first-order valence-corrected chi connectivity index (χ1v) is 8.40. The monoisotopic (exact) mass is 352 g/mol. The summed E-state index contributed by atoms with van der Waals surface area (Å²) in [5.41, 5.74) is 1.74. The van der Waals surface area contributed by atoms with E-state index in [1.807, 2.05) is 18.2 Å². The van der Waals surface area contributed by atoms with Gasteiger partial charge in [-0.1, -0.05) is 61.5 Å². The third kappa shape index (κ3) is 4.12. The zero-order valence-corrected chi connectivity index (χ0v) is 14.6. The Kier molecular flexibility index (Phi) is 5.38. The third-order valence-corrected chi connectivity index (χ3v) is 4.08. The maximum Gasteiger partial charge on any atom is 0.270 e. The maximum absolute atomic E-state index is 10.9. The average molecular weight is 352 g/mol. The number of benzene rings is 2. The summed E-state index contributed by atoms with van der Waals surface area (Å²) >= 11 is 0. The van der Waals surface area contributed by atoms with Crippen molar-refractivity contribution >= 4 is 5.69 Å². The minimum atomic E-state index is -0.445. The van der Waals surface area contributed by atoms with Gasteiger partial charge in [-0.05, 0) is 11.5 Å². The van der Waals surface area contributed by atoms with E-state index in [0.29, 0.717) is 29.7 Å². The highest BCUT2D eigenvalue weighted by Gasteiger charge is 2.17. The molecule has 0 saturated carbocycles. The molecule has 134 valence electrons. The summed E-state index contributed by atoms with van der Waals surface area (Å²) in [5, 5.41) is 18.3. The normalized spacial score (nSPS) is 12.3. The highest BCUT2D eigenvalue weighted by Crippen LogP contribution is 2.23. The molecule has 0 aliphatic rings. The molecule has 1 N–H and O–H groups in total. The second-order valence-electron chi connectivity index (χ2n) is 6.33. The van der Waals surface area contributed by atoms with Crippen LogP contribution in [0.15, 0.2) is 59.1 Å². The van der Waals surface area contributed by atoms with Crippen LogP contribution in [-0.2, 0) is 6.54 Å². The van der Waals surface area contributed by atoms with E-state index in [1.165, 1.54) is 17.7 Å². The van der Waals surface area contributed by atoms with E-state index in [-0.39, 0.29) is 11.7 Å². The quantitative estimate of drug-likeness (QED) is 0.507. The van der Waals surface area contributed by atoms with E-state index in [2.05, 4.69) is 41.4 Å². The van der Waals surface area contributed by atoms with Gasteiger partial charge in [0.05, 0.1) is 11.5 Å². The van der Waals surface area contributed by atoms with Gasteiger partial charge in [-0.2, -0.15) is 4.98 Å². The summed E-state index contributed by atoms with van der Waals surface area (Å²) in [7, 11) is 0. The van der Waals surface area contributed by atoms with Gasteiger partial charge in [-0.25, -0.2) is 0 Å². The molecule has 1 heterocycles. The lowest BCUT2D eigenvalue weighted by atomic mass is 9.96. The molecule has 0 bridgehead atoms. The highest BCUT2D eigenvalue weighted by molar-refractivity contribution is 5.58. The van der Waals surface area contributed by atoms with Gasteiger partial charge >= 0.3 is 0 Å². The summed E-state index contributed by atoms with van der Waals surface area (Å²) in [6, 6.07) is 16.5. The highest BCUT2D eigenvalue weighted by atomic mass is 16.6. The predicted octanol–water partition coefficient (Wildman–Crippen LogP) is 4.13. The van der Waals surface area contributed by atoms with Crippen LogP contribution in [0, 0.1) is 16.0 Å².